The molecular formula is C82H113N18O31S3+. The Morgan fingerprint density at radius 2 is 1.46 bits per heavy atom. The van der Waals surface area contributed by atoms with E-state index < -0.39 is 260 Å². The number of nitrogen functional groups attached to an aromatic ring is 1. The molecule has 3 aliphatic heterocycles. The fraction of sp³-hybridized carbons (Fsp3) is 0.561. The molecule has 4 aromatic heterocycles. The van der Waals surface area contributed by atoms with E-state index >= 15 is 4.79 Å². The summed E-state index contributed by atoms with van der Waals surface area (Å²) in [6.45, 7) is 4.00. The van der Waals surface area contributed by atoms with Gasteiger partial charge in [0, 0.05) is 97.2 Å². The van der Waals surface area contributed by atoms with E-state index in [4.69, 9.17) is 72.3 Å². The number of carbonyl (C=O) groups is 11. The molecule has 6 aromatic rings. The maximum absolute atomic E-state index is 15.2. The quantitative estimate of drug-likeness (QED) is 0.00964. The molecule has 734 valence electrons. The molecule has 0 radical (unpaired) electrons. The summed E-state index contributed by atoms with van der Waals surface area (Å²) < 4.78 is 45.9. The van der Waals surface area contributed by atoms with Crippen LogP contribution in [0, 0.1) is 12.8 Å². The van der Waals surface area contributed by atoms with Gasteiger partial charge in [-0.15, -0.1) is 22.7 Å². The van der Waals surface area contributed by atoms with Crippen LogP contribution in [0.2, 0.25) is 0 Å². The average molecular weight is 1940 g/mol. The minimum atomic E-state index is -2.20. The van der Waals surface area contributed by atoms with Gasteiger partial charge < -0.3 is 170 Å². The zero-order valence-electron chi connectivity index (χ0n) is 73.8. The Labute approximate surface area is 775 Å². The van der Waals surface area contributed by atoms with Crippen molar-refractivity contribution in [1.82, 2.24) is 61.8 Å². The van der Waals surface area contributed by atoms with Crippen LogP contribution >= 0.6 is 22.7 Å². The van der Waals surface area contributed by atoms with Gasteiger partial charge in [-0.05, 0) is 51.1 Å². The summed E-state index contributed by atoms with van der Waals surface area (Å²) in [5, 5.41) is 152. The second-order valence-corrected chi connectivity index (χ2v) is 37.1. The van der Waals surface area contributed by atoms with Crippen molar-refractivity contribution in [3.63, 3.8) is 0 Å². The highest BCUT2D eigenvalue weighted by Crippen LogP contribution is 2.53. The first-order chi connectivity index (χ1) is 63.3. The molecule has 0 unspecified atom stereocenters. The van der Waals surface area contributed by atoms with Gasteiger partial charge >= 0.3 is 6.09 Å². The Hall–Kier alpha value is -10.6. The number of Topliss-reactive ketones (excluding diaryl/α,β-unsaturated/α-hetero) is 1. The Morgan fingerprint density at radius 1 is 0.769 bits per heavy atom. The maximum Gasteiger partial charge on any atom is 0.404 e. The zero-order chi connectivity index (χ0) is 98.5. The van der Waals surface area contributed by atoms with Crippen LogP contribution in [-0.4, -0.2) is 343 Å². The lowest BCUT2D eigenvalue weighted by Gasteiger charge is -2.47. The van der Waals surface area contributed by atoms with Crippen LogP contribution < -0.4 is 71.0 Å². The van der Waals surface area contributed by atoms with E-state index in [9.17, 15) is 109 Å². The largest absolute Gasteiger partial charge is 0.507 e. The normalized spacial score (nSPS) is 25.2. The number of hydrogen-bond acceptors (Lipinski definition) is 42. The number of aromatic amines is 1. The number of aliphatic hydroxyl groups is 10. The van der Waals surface area contributed by atoms with Crippen molar-refractivity contribution in [2.75, 3.05) is 70.6 Å². The van der Waals surface area contributed by atoms with E-state index in [-0.39, 0.29) is 111 Å². The molecule has 8 amide bonds. The lowest BCUT2D eigenvalue weighted by molar-refractivity contribution is -0.372. The van der Waals surface area contributed by atoms with Crippen molar-refractivity contribution in [3.8, 4) is 28.0 Å². The van der Waals surface area contributed by atoms with Crippen LogP contribution in [0.4, 0.5) is 10.6 Å². The summed E-state index contributed by atoms with van der Waals surface area (Å²) >= 11 is 2.52. The predicted molar refractivity (Wildman–Crippen MR) is 469 cm³/mol. The number of anilines is 1. The van der Waals surface area contributed by atoms with E-state index in [1.807, 2.05) is 6.92 Å². The number of nitrogens with one attached hydrogen (secondary N) is 7. The zero-order valence-corrected chi connectivity index (χ0v) is 76.2. The van der Waals surface area contributed by atoms with Crippen molar-refractivity contribution in [2.24, 2.45) is 34.6 Å². The number of phenolic OH excluding ortho intramolecular Hbond substituents is 2. The van der Waals surface area contributed by atoms with Gasteiger partial charge in [0.15, 0.2) is 36.5 Å². The number of carbonyl (C=O) groups excluding carboxylic acids is 11. The second-order valence-electron chi connectivity index (χ2n) is 32.9. The maximum atomic E-state index is 15.2. The molecule has 2 aliphatic carbocycles. The number of nitrogens with zero attached hydrogens (tertiary/aromatic N) is 5. The molecule has 0 saturated carbocycles. The number of aliphatic hydroxyl groups excluding tert-OH is 9. The van der Waals surface area contributed by atoms with Crippen LogP contribution in [0.15, 0.2) is 41.5 Å². The van der Waals surface area contributed by atoms with Crippen LogP contribution in [0.25, 0.3) is 10.7 Å². The van der Waals surface area contributed by atoms with Gasteiger partial charge in [-0.25, -0.2) is 29.7 Å². The molecule has 7 heterocycles. The number of fused-ring (bicyclic) bond motifs is 3. The summed E-state index contributed by atoms with van der Waals surface area (Å²) in [5.74, 6) is -11.2. The Morgan fingerprint density at radius 3 is 2.10 bits per heavy atom. The number of phenols is 2. The molecular weight excluding hydrogens is 1830 g/mol. The minimum Gasteiger partial charge on any atom is -0.507 e. The number of ether oxygens (including phenoxy) is 8. The molecule has 5 aliphatic rings. The molecule has 11 rings (SSSR count). The van der Waals surface area contributed by atoms with Gasteiger partial charge in [0.2, 0.25) is 35.3 Å². The summed E-state index contributed by atoms with van der Waals surface area (Å²) in [6.07, 6.45) is -22.4. The topological polar surface area (TPSA) is 813 Å². The molecule has 134 heavy (non-hydrogen) atoms. The number of amides is 8. The Balaban J connectivity index is 0.000000402. The molecule has 31 N–H and O–H groups in total. The van der Waals surface area contributed by atoms with Crippen LogP contribution in [0.5, 0.6) is 17.2 Å². The lowest BCUT2D eigenvalue weighted by Crippen LogP contribution is -2.65. The van der Waals surface area contributed by atoms with E-state index in [0.717, 1.165) is 24.7 Å². The fourth-order valence-corrected chi connectivity index (χ4v) is 17.9. The molecule has 3 fully saturated rings. The molecule has 49 nitrogen and oxygen atoms in total. The number of nitrogens with two attached hydrogens (primary N) is 6. The molecule has 2 aromatic carbocycles. The molecule has 0 spiro atoms. The number of ketones is 3. The van der Waals surface area contributed by atoms with E-state index in [2.05, 4.69) is 74.3 Å². The molecule has 24 atom stereocenters. The number of H-pyrrole nitrogens is 1. The summed E-state index contributed by atoms with van der Waals surface area (Å²) in [5.41, 5.74) is 30.9. The van der Waals surface area contributed by atoms with Crippen LogP contribution in [0.1, 0.15) is 164 Å². The first kappa shape index (κ1) is 105. The highest BCUT2D eigenvalue weighted by molar-refractivity contribution is 7.95. The monoisotopic (exact) mass is 1940 g/mol. The van der Waals surface area contributed by atoms with Crippen molar-refractivity contribution in [2.45, 2.75) is 220 Å². The van der Waals surface area contributed by atoms with Gasteiger partial charge in [-0.1, -0.05) is 19.1 Å². The number of aromatic nitrogens is 6. The number of benzene rings is 2. The van der Waals surface area contributed by atoms with Crippen molar-refractivity contribution in [1.29, 1.82) is 0 Å². The molecule has 52 heteroatoms. The van der Waals surface area contributed by atoms with Gasteiger partial charge in [0.05, 0.1) is 121 Å². The van der Waals surface area contributed by atoms with Crippen molar-refractivity contribution >= 4 is 104 Å². The van der Waals surface area contributed by atoms with E-state index in [1.54, 1.807) is 10.8 Å². The first-order valence-corrected chi connectivity index (χ1v) is 46.1. The van der Waals surface area contributed by atoms with Gasteiger partial charge in [0.25, 0.3) is 11.8 Å². The van der Waals surface area contributed by atoms with Gasteiger partial charge in [0.1, 0.15) is 130 Å². The standard InChI is InChI=1S/C55H83N17O21S3.C27H29NO10/c1-20-33(69-46(72-44(20)58)25(12-31(57)76)64-13-24(56)45(59)82)50(86)71-35(41(26-14-61-19-65-26)91-54-43(39(80)37(78)29(15-73)90-54)92-53-40(81)42(93-55(60)88)38(79)30(16-74)89-53)51(87)66-22(3)36(77)21(2)47(83)70-34(23(4)75)49(85)63-10-8-32-67-28(18-94-32)52-68-27(17-95-52)48(84)62-9-7-11-96(5)6;1-11-6-12(28)7-18(37-11)38-16-9-27(35,17(30)10-29)8-14-20(16)26(34)22-21(24(14)32)23(31)13-4-3-5-15(36-2)19(13)25(22)33/h14,17-19,21-25,29-30,34-43,53-54,64,73-75,77-81H,7-13,15-16,56H2,1-6H3,(H13-,57,58,59,60,61,62,63,65,66,69,70,71,72,76,82,83,84,85,86,87,88);3-5,11-12,16,18,29,32,34-35H,6-10,28H2,1-2H3/p+1/t21-,22+,23+,24-,25-,29-,30+,34-,35-,36-,37+,38+,39-,40-,41-,42-,43-,53+,54-;11-,12+,16-,18-,27-/m00/s1. The Bertz CT molecular complexity index is 5200. The number of rotatable bonds is 40. The van der Waals surface area contributed by atoms with Crippen LogP contribution in [-0.2, 0) is 85.7 Å². The van der Waals surface area contributed by atoms with E-state index in [1.165, 1.54) is 75.7 Å². The molecule has 0 bridgehead atoms. The van der Waals surface area contributed by atoms with Crippen LogP contribution in [0.3, 0.4) is 0 Å². The third-order valence-corrected chi connectivity index (χ3v) is 25.7. The first-order valence-electron chi connectivity index (χ1n) is 42.1. The predicted octanol–water partition coefficient (Wildman–Crippen LogP) is -6.67. The summed E-state index contributed by atoms with van der Waals surface area (Å²) in [4.78, 5) is 170. The summed E-state index contributed by atoms with van der Waals surface area (Å²) in [6, 6.07) is -3.68. The summed E-state index contributed by atoms with van der Waals surface area (Å²) in [7, 11) is 1.59. The minimum absolute atomic E-state index is 0.00498. The molecule has 3 saturated heterocycles. The van der Waals surface area contributed by atoms with Gasteiger partial charge in [-0.2, -0.15) is 0 Å². The van der Waals surface area contributed by atoms with Crippen molar-refractivity contribution < 1.29 is 152 Å². The smallest absolute Gasteiger partial charge is 0.404 e. The van der Waals surface area contributed by atoms with E-state index in [0.29, 0.717) is 28.7 Å². The fourth-order valence-electron chi connectivity index (χ4n) is 15.6. The highest BCUT2D eigenvalue weighted by Gasteiger charge is 2.55. The number of hydrogen-bond donors (Lipinski definition) is 25. The van der Waals surface area contributed by atoms with Crippen molar-refractivity contribution in [3.05, 3.63) is 108 Å². The number of methoxy groups -OCH3 is 1. The third-order valence-electron chi connectivity index (χ3n) is 22.9. The number of thiazole rings is 2. The lowest BCUT2D eigenvalue weighted by atomic mass is 9.72. The third kappa shape index (κ3) is 24.8. The second kappa shape index (κ2) is 46.3. The average Bonchev–Trinajstić information content (AvgIpc) is 0.827. The number of aromatic hydroxyl groups is 2. The Kier molecular flexibility index (Phi) is 36.4. The highest BCUT2D eigenvalue weighted by atomic mass is 32.2. The van der Waals surface area contributed by atoms with Gasteiger partial charge in [-0.3, -0.25) is 47.9 Å². The number of primary amides is 3. The SMILES string of the molecule is COc1cccc2c1C(=O)c1c(O)c3c(c(O)c1C2=O)C[C@@](O)(C(=O)CO)C[C@@H]3O[C@H]1C[C@H](N)C[C@H](C)O1.Cc1c(N)nc([C@H](CC(N)=O)NC[C@H](N)C(N)=O)nc1C(=O)N[C@H](C(=O)N[C@H](C)[C@@H](O)[C@H](C)C(=O)N[C@H](C(=O)NCCc1nc(-c2nc(C(=O)NCCC[S+](C)C)cs2)cs1)[C@@H](C)O)[C@@H](O[C@@H]1O[C@@H](CO)[C@@H](O)[C@H](O)[C@@H]1O[C@H]1O[C@H](CO)[C@@H](O)[C@H](OC(N)=O)[C@@H]1O)c1cnc[nH]1. The number of imidazole rings is 1.